The van der Waals surface area contributed by atoms with Gasteiger partial charge < -0.3 is 22.1 Å². The number of hydrogen-bond donors (Lipinski definition) is 4. The van der Waals surface area contributed by atoms with Crippen LogP contribution in [0.15, 0.2) is 0 Å². The van der Waals surface area contributed by atoms with E-state index in [0.717, 1.165) is 6.54 Å². The second kappa shape index (κ2) is 3.79. The van der Waals surface area contributed by atoms with Gasteiger partial charge >= 0.3 is 0 Å². The standard InChI is InChI=1S/C7H14N6/c1-3-11-7-12-5(9)4(8)6(10-2)13-7/h3,8H2,1-2H3,(H4,9,10,11,12,13). The average molecular weight is 182 g/mol. The average Bonchev–Trinajstić information content (AvgIpc) is 2.11. The second-order valence-corrected chi connectivity index (χ2v) is 2.48. The largest absolute Gasteiger partial charge is 0.393 e. The van der Waals surface area contributed by atoms with Gasteiger partial charge in [0.05, 0.1) is 0 Å². The maximum absolute atomic E-state index is 5.62. The normalized spacial score (nSPS) is 9.69. The fourth-order valence-electron chi connectivity index (χ4n) is 0.914. The summed E-state index contributed by atoms with van der Waals surface area (Å²) < 4.78 is 0. The predicted molar refractivity (Wildman–Crippen MR) is 54.6 cm³/mol. The van der Waals surface area contributed by atoms with Gasteiger partial charge in [-0.1, -0.05) is 0 Å². The van der Waals surface area contributed by atoms with E-state index in [0.29, 0.717) is 17.5 Å². The maximum atomic E-state index is 5.62. The van der Waals surface area contributed by atoms with Crippen LogP contribution < -0.4 is 22.1 Å². The number of hydrogen-bond acceptors (Lipinski definition) is 6. The zero-order valence-electron chi connectivity index (χ0n) is 7.76. The molecule has 1 heterocycles. The third-order valence-corrected chi connectivity index (χ3v) is 1.55. The molecule has 6 heteroatoms. The van der Waals surface area contributed by atoms with E-state index < -0.39 is 0 Å². The lowest BCUT2D eigenvalue weighted by molar-refractivity contribution is 1.09. The van der Waals surface area contributed by atoms with Crippen LogP contribution in [0.2, 0.25) is 0 Å². The van der Waals surface area contributed by atoms with Crippen molar-refractivity contribution in [3.05, 3.63) is 0 Å². The van der Waals surface area contributed by atoms with Crippen molar-refractivity contribution in [3.63, 3.8) is 0 Å². The van der Waals surface area contributed by atoms with Gasteiger partial charge in [-0.2, -0.15) is 9.97 Å². The first-order chi connectivity index (χ1) is 6.19. The lowest BCUT2D eigenvalue weighted by Crippen LogP contribution is -2.10. The predicted octanol–water partition coefficient (Wildman–Crippen LogP) is 0.114. The van der Waals surface area contributed by atoms with Gasteiger partial charge in [-0.25, -0.2) is 0 Å². The molecule has 1 aromatic heterocycles. The molecular formula is C7H14N6. The van der Waals surface area contributed by atoms with E-state index in [9.17, 15) is 0 Å². The van der Waals surface area contributed by atoms with Gasteiger partial charge in [-0.3, -0.25) is 0 Å². The molecule has 6 N–H and O–H groups in total. The Bertz CT molecular complexity index is 297. The van der Waals surface area contributed by atoms with Gasteiger partial charge in [0, 0.05) is 13.6 Å². The summed E-state index contributed by atoms with van der Waals surface area (Å²) in [5.74, 6) is 1.32. The van der Waals surface area contributed by atoms with Gasteiger partial charge in [0.25, 0.3) is 0 Å². The van der Waals surface area contributed by atoms with E-state index in [1.54, 1.807) is 7.05 Å². The summed E-state index contributed by atoms with van der Waals surface area (Å²) >= 11 is 0. The van der Waals surface area contributed by atoms with Crippen LogP contribution in [-0.4, -0.2) is 23.6 Å². The molecule has 0 amide bonds. The minimum Gasteiger partial charge on any atom is -0.393 e. The summed E-state index contributed by atoms with van der Waals surface area (Å²) in [5, 5.41) is 5.79. The number of nitrogens with two attached hydrogens (primary N) is 2. The smallest absolute Gasteiger partial charge is 0.226 e. The molecule has 0 radical (unpaired) electrons. The molecule has 72 valence electrons. The summed E-state index contributed by atoms with van der Waals surface area (Å²) in [7, 11) is 1.73. The Morgan fingerprint density at radius 1 is 1.31 bits per heavy atom. The Balaban J connectivity index is 3.06. The molecule has 0 aliphatic rings. The van der Waals surface area contributed by atoms with Gasteiger partial charge in [0.15, 0.2) is 11.6 Å². The van der Waals surface area contributed by atoms with Crippen molar-refractivity contribution in [3.8, 4) is 0 Å². The molecule has 0 bridgehead atoms. The highest BCUT2D eigenvalue weighted by atomic mass is 15.2. The highest BCUT2D eigenvalue weighted by molar-refractivity contribution is 5.74. The molecular weight excluding hydrogens is 168 g/mol. The first-order valence-corrected chi connectivity index (χ1v) is 4.03. The van der Waals surface area contributed by atoms with Crippen LogP contribution in [-0.2, 0) is 0 Å². The first-order valence-electron chi connectivity index (χ1n) is 4.03. The van der Waals surface area contributed by atoms with Crippen molar-refractivity contribution < 1.29 is 0 Å². The van der Waals surface area contributed by atoms with E-state index in [2.05, 4.69) is 20.6 Å². The van der Waals surface area contributed by atoms with Crippen molar-refractivity contribution in [2.24, 2.45) is 0 Å². The third-order valence-electron chi connectivity index (χ3n) is 1.55. The lowest BCUT2D eigenvalue weighted by atomic mass is 10.4. The summed E-state index contributed by atoms with van der Waals surface area (Å²) in [6.07, 6.45) is 0. The van der Waals surface area contributed by atoms with Gasteiger partial charge in [0.2, 0.25) is 5.95 Å². The Morgan fingerprint density at radius 3 is 2.54 bits per heavy atom. The SMILES string of the molecule is CCNc1nc(N)c(N)c(NC)n1. The summed E-state index contributed by atoms with van der Waals surface area (Å²) in [6, 6.07) is 0. The van der Waals surface area contributed by atoms with E-state index in [1.807, 2.05) is 6.92 Å². The van der Waals surface area contributed by atoms with Crippen molar-refractivity contribution >= 4 is 23.3 Å². The van der Waals surface area contributed by atoms with E-state index in [-0.39, 0.29) is 5.82 Å². The molecule has 0 fully saturated rings. The zero-order chi connectivity index (χ0) is 9.84. The highest BCUT2D eigenvalue weighted by Crippen LogP contribution is 2.21. The summed E-state index contributed by atoms with van der Waals surface area (Å²) in [6.45, 7) is 2.70. The van der Waals surface area contributed by atoms with Crippen LogP contribution in [0.4, 0.5) is 23.3 Å². The molecule has 1 rings (SSSR count). The maximum Gasteiger partial charge on any atom is 0.226 e. The molecule has 1 aromatic rings. The van der Waals surface area contributed by atoms with E-state index in [1.165, 1.54) is 0 Å². The van der Waals surface area contributed by atoms with Crippen LogP contribution in [0.5, 0.6) is 0 Å². The minimum absolute atomic E-state index is 0.287. The van der Waals surface area contributed by atoms with Crippen molar-refractivity contribution in [1.29, 1.82) is 0 Å². The Kier molecular flexibility index (Phi) is 2.73. The molecule has 6 nitrogen and oxygen atoms in total. The molecule has 0 unspecified atom stereocenters. The van der Waals surface area contributed by atoms with Gasteiger partial charge in [-0.05, 0) is 6.92 Å². The fourth-order valence-corrected chi connectivity index (χ4v) is 0.914. The van der Waals surface area contributed by atoms with E-state index in [4.69, 9.17) is 11.5 Å². The third kappa shape index (κ3) is 1.90. The topological polar surface area (TPSA) is 102 Å². The summed E-state index contributed by atoms with van der Waals surface area (Å²) in [5.41, 5.74) is 11.6. The number of anilines is 4. The Hall–Kier alpha value is -1.72. The van der Waals surface area contributed by atoms with Crippen LogP contribution in [0, 0.1) is 0 Å². The number of nitrogens with one attached hydrogen (secondary N) is 2. The fraction of sp³-hybridized carbons (Fsp3) is 0.429. The quantitative estimate of drug-likeness (QED) is 0.529. The second-order valence-electron chi connectivity index (χ2n) is 2.48. The number of nitrogen functional groups attached to an aromatic ring is 2. The molecule has 0 atom stereocenters. The molecule has 0 saturated carbocycles. The van der Waals surface area contributed by atoms with E-state index >= 15 is 0 Å². The minimum atomic E-state index is 0.287. The van der Waals surface area contributed by atoms with Crippen LogP contribution >= 0.6 is 0 Å². The van der Waals surface area contributed by atoms with Crippen LogP contribution in [0.25, 0.3) is 0 Å². The van der Waals surface area contributed by atoms with Crippen molar-refractivity contribution in [2.75, 3.05) is 35.7 Å². The van der Waals surface area contributed by atoms with Crippen molar-refractivity contribution in [1.82, 2.24) is 9.97 Å². The summed E-state index contributed by atoms with van der Waals surface area (Å²) in [4.78, 5) is 8.06. The number of nitrogens with zero attached hydrogens (tertiary/aromatic N) is 2. The zero-order valence-corrected chi connectivity index (χ0v) is 7.76. The van der Waals surface area contributed by atoms with Crippen molar-refractivity contribution in [2.45, 2.75) is 6.92 Å². The van der Waals surface area contributed by atoms with Crippen LogP contribution in [0.1, 0.15) is 6.92 Å². The molecule has 13 heavy (non-hydrogen) atoms. The Labute approximate surface area is 76.7 Å². The molecule has 0 aliphatic heterocycles. The highest BCUT2D eigenvalue weighted by Gasteiger charge is 2.06. The monoisotopic (exact) mass is 182 g/mol. The molecule has 0 aliphatic carbocycles. The number of rotatable bonds is 3. The van der Waals surface area contributed by atoms with Gasteiger partial charge in [0.1, 0.15) is 5.69 Å². The first kappa shape index (κ1) is 9.37. The number of aromatic nitrogens is 2. The Morgan fingerprint density at radius 2 is 2.00 bits per heavy atom. The molecule has 0 spiro atoms. The molecule has 0 aromatic carbocycles. The lowest BCUT2D eigenvalue weighted by Gasteiger charge is -2.08. The van der Waals surface area contributed by atoms with Gasteiger partial charge in [-0.15, -0.1) is 0 Å². The van der Waals surface area contributed by atoms with Crippen LogP contribution in [0.3, 0.4) is 0 Å². The molecule has 0 saturated heterocycles.